The van der Waals surface area contributed by atoms with Crippen LogP contribution in [0.5, 0.6) is 11.5 Å². The fourth-order valence-electron chi connectivity index (χ4n) is 3.49. The molecule has 1 aliphatic rings. The summed E-state index contributed by atoms with van der Waals surface area (Å²) in [4.78, 5) is 4.29. The molecule has 1 aliphatic heterocycles. The zero-order valence-electron chi connectivity index (χ0n) is 15.6. The fourth-order valence-corrected chi connectivity index (χ4v) is 3.74. The van der Waals surface area contributed by atoms with Crippen LogP contribution in [0.3, 0.4) is 0 Å². The van der Waals surface area contributed by atoms with Gasteiger partial charge in [-0.15, -0.1) is 0 Å². The minimum Gasteiger partial charge on any atom is -0.492 e. The molecule has 0 amide bonds. The molecule has 0 radical (unpaired) electrons. The molecule has 6 nitrogen and oxygen atoms in total. The number of benzene rings is 2. The summed E-state index contributed by atoms with van der Waals surface area (Å²) in [6.07, 6.45) is 2.16. The van der Waals surface area contributed by atoms with Crippen LogP contribution in [-0.2, 0) is 0 Å². The Morgan fingerprint density at radius 3 is 2.66 bits per heavy atom. The topological polar surface area (TPSA) is 61.2 Å². The molecular weight excluding hydrogens is 402 g/mol. The predicted octanol–water partition coefficient (Wildman–Crippen LogP) is 5.08. The molecule has 29 heavy (non-hydrogen) atoms. The van der Waals surface area contributed by atoms with Crippen molar-refractivity contribution in [3.63, 3.8) is 0 Å². The van der Waals surface area contributed by atoms with Gasteiger partial charge in [-0.1, -0.05) is 29.8 Å². The molecule has 4 rings (SSSR count). The fraction of sp³-hybridized carbons (Fsp3) is 0.300. The van der Waals surface area contributed by atoms with Crippen LogP contribution < -0.4 is 14.8 Å². The lowest BCUT2D eigenvalue weighted by Gasteiger charge is -2.32. The number of nitrogens with one attached hydrogen (secondary N) is 1. The van der Waals surface area contributed by atoms with Crippen molar-refractivity contribution in [2.45, 2.75) is 32.0 Å². The molecule has 2 aromatic carbocycles. The quantitative estimate of drug-likeness (QED) is 0.602. The lowest BCUT2D eigenvalue weighted by atomic mass is 9.93. The highest BCUT2D eigenvalue weighted by molar-refractivity contribution is 6.32. The van der Waals surface area contributed by atoms with Crippen molar-refractivity contribution in [2.24, 2.45) is 0 Å². The number of aromatic nitrogens is 3. The molecule has 0 fully saturated rings. The molecule has 0 bridgehead atoms. The Hall–Kier alpha value is -2.87. The summed E-state index contributed by atoms with van der Waals surface area (Å²) < 4.78 is 36.5. The van der Waals surface area contributed by atoms with E-state index in [0.717, 1.165) is 11.1 Å². The van der Waals surface area contributed by atoms with Crippen molar-refractivity contribution in [1.82, 2.24) is 14.8 Å². The first-order chi connectivity index (χ1) is 14.0. The van der Waals surface area contributed by atoms with Gasteiger partial charge < -0.3 is 14.8 Å². The Labute approximate surface area is 171 Å². The van der Waals surface area contributed by atoms with Crippen molar-refractivity contribution in [3.8, 4) is 11.5 Å². The summed E-state index contributed by atoms with van der Waals surface area (Å²) in [5, 5.41) is 8.24. The number of hydrogen-bond donors (Lipinski definition) is 1. The number of halogens is 3. The second kappa shape index (κ2) is 8.24. The van der Waals surface area contributed by atoms with E-state index in [9.17, 15) is 8.78 Å². The van der Waals surface area contributed by atoms with Crippen LogP contribution in [-0.4, -0.2) is 28.0 Å². The van der Waals surface area contributed by atoms with Crippen molar-refractivity contribution in [3.05, 3.63) is 64.9 Å². The van der Waals surface area contributed by atoms with E-state index < -0.39 is 6.61 Å². The van der Waals surface area contributed by atoms with Crippen LogP contribution in [0.4, 0.5) is 14.7 Å². The lowest BCUT2D eigenvalue weighted by molar-refractivity contribution is -0.0498. The van der Waals surface area contributed by atoms with Gasteiger partial charge in [0.25, 0.3) is 0 Å². The average Bonchev–Trinajstić information content (AvgIpc) is 3.18. The first kappa shape index (κ1) is 19.4. The minimum absolute atomic E-state index is 0.0538. The van der Waals surface area contributed by atoms with Gasteiger partial charge in [0.1, 0.15) is 17.8 Å². The average molecular weight is 421 g/mol. The van der Waals surface area contributed by atoms with Gasteiger partial charge in [0, 0.05) is 0 Å². The first-order valence-corrected chi connectivity index (χ1v) is 9.56. The van der Waals surface area contributed by atoms with Crippen LogP contribution in [0.25, 0.3) is 0 Å². The normalized spacial score (nSPS) is 18.2. The molecule has 152 valence electrons. The molecule has 0 spiro atoms. The first-order valence-electron chi connectivity index (χ1n) is 9.18. The molecule has 1 aromatic heterocycles. The smallest absolute Gasteiger partial charge is 0.387 e. The number of rotatable bonds is 6. The highest BCUT2D eigenvalue weighted by atomic mass is 35.5. The van der Waals surface area contributed by atoms with Crippen LogP contribution in [0, 0.1) is 0 Å². The number of ether oxygens (including phenoxy) is 2. The number of fused-ring (bicyclic) bond motifs is 1. The molecule has 2 unspecified atom stereocenters. The third kappa shape index (κ3) is 4.12. The summed E-state index contributed by atoms with van der Waals surface area (Å²) in [6, 6.07) is 12.1. The Balaban J connectivity index is 1.61. The molecule has 2 atom stereocenters. The molecule has 0 saturated heterocycles. The van der Waals surface area contributed by atoms with Gasteiger partial charge in [0.15, 0.2) is 0 Å². The monoisotopic (exact) mass is 420 g/mol. The Kier molecular flexibility index (Phi) is 5.53. The lowest BCUT2D eigenvalue weighted by Crippen LogP contribution is -2.28. The van der Waals surface area contributed by atoms with Crippen molar-refractivity contribution < 1.29 is 18.3 Å². The summed E-state index contributed by atoms with van der Waals surface area (Å²) in [7, 11) is 0. The third-order valence-electron chi connectivity index (χ3n) is 4.78. The SMILES string of the molecule is CCOc1ccc(C2CC(c3ccc(OC(F)F)cc3)n3ncnc3N2)cc1Cl. The second-order valence-corrected chi connectivity index (χ2v) is 6.95. The van der Waals surface area contributed by atoms with E-state index in [1.165, 1.54) is 18.5 Å². The minimum atomic E-state index is -2.85. The van der Waals surface area contributed by atoms with Crippen molar-refractivity contribution in [2.75, 3.05) is 11.9 Å². The van der Waals surface area contributed by atoms with Gasteiger partial charge in [0.2, 0.25) is 5.95 Å². The van der Waals surface area contributed by atoms with E-state index >= 15 is 0 Å². The van der Waals surface area contributed by atoms with E-state index in [0.29, 0.717) is 29.7 Å². The molecular formula is C20H19ClF2N4O2. The highest BCUT2D eigenvalue weighted by Gasteiger charge is 2.30. The highest BCUT2D eigenvalue weighted by Crippen LogP contribution is 2.39. The van der Waals surface area contributed by atoms with Crippen LogP contribution in [0.15, 0.2) is 48.8 Å². The van der Waals surface area contributed by atoms with Gasteiger partial charge in [-0.2, -0.15) is 18.9 Å². The van der Waals surface area contributed by atoms with Gasteiger partial charge in [-0.05, 0) is 48.7 Å². The van der Waals surface area contributed by atoms with Crippen LogP contribution in [0.2, 0.25) is 5.02 Å². The Bertz CT molecular complexity index is 981. The molecule has 2 heterocycles. The molecule has 1 N–H and O–H groups in total. The van der Waals surface area contributed by atoms with E-state index in [2.05, 4.69) is 20.1 Å². The third-order valence-corrected chi connectivity index (χ3v) is 5.07. The summed E-state index contributed by atoms with van der Waals surface area (Å²) in [5.74, 6) is 1.39. The van der Waals surface area contributed by atoms with E-state index in [1.54, 1.807) is 16.8 Å². The molecule has 3 aromatic rings. The maximum Gasteiger partial charge on any atom is 0.387 e. The molecule has 0 saturated carbocycles. The zero-order valence-corrected chi connectivity index (χ0v) is 16.3. The molecule has 9 heteroatoms. The summed E-state index contributed by atoms with van der Waals surface area (Å²) in [5.41, 5.74) is 1.91. The number of hydrogen-bond acceptors (Lipinski definition) is 5. The maximum absolute atomic E-state index is 12.4. The predicted molar refractivity (Wildman–Crippen MR) is 105 cm³/mol. The Morgan fingerprint density at radius 1 is 1.21 bits per heavy atom. The largest absolute Gasteiger partial charge is 0.492 e. The van der Waals surface area contributed by atoms with E-state index in [-0.39, 0.29) is 17.8 Å². The van der Waals surface area contributed by atoms with Crippen molar-refractivity contribution in [1.29, 1.82) is 0 Å². The number of alkyl halides is 2. The van der Waals surface area contributed by atoms with E-state index in [4.69, 9.17) is 16.3 Å². The van der Waals surface area contributed by atoms with Gasteiger partial charge in [-0.25, -0.2) is 4.68 Å². The van der Waals surface area contributed by atoms with Crippen LogP contribution >= 0.6 is 11.6 Å². The standard InChI is InChI=1S/C20H19ClF2N4O2/c1-2-28-18-8-5-13(9-15(18)21)16-10-17(27-20(26-16)24-11-25-27)12-3-6-14(7-4-12)29-19(22)23/h3-9,11,16-17,19H,2,10H2,1H3,(H,24,25,26). The Morgan fingerprint density at radius 2 is 1.97 bits per heavy atom. The van der Waals surface area contributed by atoms with Gasteiger partial charge >= 0.3 is 6.61 Å². The van der Waals surface area contributed by atoms with Crippen LogP contribution in [0.1, 0.15) is 36.6 Å². The van der Waals surface area contributed by atoms with Gasteiger partial charge in [-0.3, -0.25) is 0 Å². The van der Waals surface area contributed by atoms with Crippen molar-refractivity contribution >= 4 is 17.5 Å². The molecule has 0 aliphatic carbocycles. The van der Waals surface area contributed by atoms with E-state index in [1.807, 2.05) is 25.1 Å². The maximum atomic E-state index is 12.4. The summed E-state index contributed by atoms with van der Waals surface area (Å²) >= 11 is 6.36. The summed E-state index contributed by atoms with van der Waals surface area (Å²) in [6.45, 7) is -0.408. The zero-order chi connectivity index (χ0) is 20.4. The second-order valence-electron chi connectivity index (χ2n) is 6.55. The van der Waals surface area contributed by atoms with Gasteiger partial charge in [0.05, 0.1) is 23.7 Å². The number of anilines is 1. The number of nitrogens with zero attached hydrogens (tertiary/aromatic N) is 3.